The van der Waals surface area contributed by atoms with Crippen molar-refractivity contribution in [1.82, 2.24) is 10.2 Å². The molecule has 0 aliphatic rings. The van der Waals surface area contributed by atoms with Gasteiger partial charge in [0.05, 0.1) is 25.9 Å². The van der Waals surface area contributed by atoms with E-state index in [-0.39, 0.29) is 5.91 Å². The van der Waals surface area contributed by atoms with Crippen molar-refractivity contribution in [1.29, 1.82) is 5.26 Å². The molecule has 6 nitrogen and oxygen atoms in total. The minimum absolute atomic E-state index is 0.134. The van der Waals surface area contributed by atoms with Crippen LogP contribution in [-0.2, 0) is 11.2 Å². The second-order valence-electron chi connectivity index (χ2n) is 6.96. The molecule has 0 saturated heterocycles. The molecule has 1 N–H and O–H groups in total. The molecule has 0 spiro atoms. The molecule has 158 valence electrons. The molecular formula is C24H29N3O3. The summed E-state index contributed by atoms with van der Waals surface area (Å²) in [7, 11) is 5.34. The number of rotatable bonds is 11. The lowest BCUT2D eigenvalue weighted by atomic mass is 10.1. The molecule has 0 bridgehead atoms. The third kappa shape index (κ3) is 7.61. The van der Waals surface area contributed by atoms with E-state index in [1.807, 2.05) is 24.3 Å². The van der Waals surface area contributed by atoms with Gasteiger partial charge in [-0.05, 0) is 67.9 Å². The molecule has 2 aromatic rings. The number of amides is 1. The van der Waals surface area contributed by atoms with Gasteiger partial charge in [-0.1, -0.05) is 18.2 Å². The minimum Gasteiger partial charge on any atom is -0.493 e. The number of carbonyl (C=O) groups excluding carboxylic acids is 1. The van der Waals surface area contributed by atoms with Gasteiger partial charge in [-0.3, -0.25) is 4.79 Å². The molecule has 0 fully saturated rings. The van der Waals surface area contributed by atoms with Crippen LogP contribution in [0.3, 0.4) is 0 Å². The maximum atomic E-state index is 11.9. The monoisotopic (exact) mass is 407 g/mol. The molecule has 0 aliphatic carbocycles. The summed E-state index contributed by atoms with van der Waals surface area (Å²) in [5.74, 6) is 1.34. The highest BCUT2D eigenvalue weighted by Gasteiger charge is 2.06. The summed E-state index contributed by atoms with van der Waals surface area (Å²) < 4.78 is 10.6. The first kappa shape index (κ1) is 23.0. The van der Waals surface area contributed by atoms with Gasteiger partial charge in [-0.25, -0.2) is 0 Å². The number of carbonyl (C=O) groups is 1. The highest BCUT2D eigenvalue weighted by Crippen LogP contribution is 2.27. The molecule has 0 unspecified atom stereocenters. The van der Waals surface area contributed by atoms with Crippen molar-refractivity contribution < 1.29 is 14.3 Å². The van der Waals surface area contributed by atoms with E-state index in [4.69, 9.17) is 14.7 Å². The van der Waals surface area contributed by atoms with Gasteiger partial charge in [0.2, 0.25) is 5.91 Å². The number of nitriles is 1. The van der Waals surface area contributed by atoms with Gasteiger partial charge in [-0.2, -0.15) is 5.26 Å². The summed E-state index contributed by atoms with van der Waals surface area (Å²) >= 11 is 0. The van der Waals surface area contributed by atoms with Gasteiger partial charge in [0, 0.05) is 19.2 Å². The first-order chi connectivity index (χ1) is 14.5. The Morgan fingerprint density at radius 2 is 1.93 bits per heavy atom. The molecule has 0 aromatic heterocycles. The topological polar surface area (TPSA) is 74.6 Å². The van der Waals surface area contributed by atoms with Crippen molar-refractivity contribution in [2.75, 3.05) is 40.9 Å². The van der Waals surface area contributed by atoms with Crippen LogP contribution < -0.4 is 14.8 Å². The van der Waals surface area contributed by atoms with Crippen LogP contribution in [0.5, 0.6) is 11.5 Å². The zero-order chi connectivity index (χ0) is 21.8. The summed E-state index contributed by atoms with van der Waals surface area (Å²) in [6, 6.07) is 15.2. The molecule has 30 heavy (non-hydrogen) atoms. The number of hydrogen-bond acceptors (Lipinski definition) is 5. The van der Waals surface area contributed by atoms with Crippen LogP contribution in [0.2, 0.25) is 0 Å². The van der Waals surface area contributed by atoms with Gasteiger partial charge in [0.15, 0.2) is 11.5 Å². The highest BCUT2D eigenvalue weighted by atomic mass is 16.5. The van der Waals surface area contributed by atoms with Crippen molar-refractivity contribution >= 4 is 12.0 Å². The summed E-state index contributed by atoms with van der Waals surface area (Å²) in [6.07, 6.45) is 4.99. The smallest absolute Gasteiger partial charge is 0.243 e. The van der Waals surface area contributed by atoms with Gasteiger partial charge in [0.1, 0.15) is 0 Å². The number of likely N-dealkylation sites (N-methyl/N-ethyl adjacent to an activating group) is 1. The first-order valence-corrected chi connectivity index (χ1v) is 9.91. The van der Waals surface area contributed by atoms with Crippen LogP contribution in [0, 0.1) is 11.3 Å². The van der Waals surface area contributed by atoms with Crippen LogP contribution in [0.25, 0.3) is 6.08 Å². The fourth-order valence-corrected chi connectivity index (χ4v) is 2.97. The Labute approximate surface area is 178 Å². The number of hydrogen-bond donors (Lipinski definition) is 1. The van der Waals surface area contributed by atoms with Crippen LogP contribution in [0.1, 0.15) is 23.1 Å². The SMILES string of the molecule is COc1ccc(CCN(C)CCCNC(=O)/C=C/c2cccc(C#N)c2)cc1OC. The zero-order valence-corrected chi connectivity index (χ0v) is 17.9. The predicted octanol–water partition coefficient (Wildman–Crippen LogP) is 3.27. The van der Waals surface area contributed by atoms with Crippen molar-refractivity contribution in [3.63, 3.8) is 0 Å². The van der Waals surface area contributed by atoms with Gasteiger partial charge in [-0.15, -0.1) is 0 Å². The van der Waals surface area contributed by atoms with Crippen LogP contribution in [0.4, 0.5) is 0 Å². The van der Waals surface area contributed by atoms with Crippen LogP contribution in [0.15, 0.2) is 48.5 Å². The van der Waals surface area contributed by atoms with E-state index in [1.165, 1.54) is 11.6 Å². The average molecular weight is 408 g/mol. The molecule has 0 radical (unpaired) electrons. The molecule has 1 amide bonds. The number of methoxy groups -OCH3 is 2. The third-order valence-corrected chi connectivity index (χ3v) is 4.69. The molecule has 0 atom stereocenters. The lowest BCUT2D eigenvalue weighted by Gasteiger charge is -2.17. The maximum Gasteiger partial charge on any atom is 0.243 e. The molecule has 0 aliphatic heterocycles. The largest absolute Gasteiger partial charge is 0.493 e. The van der Waals surface area contributed by atoms with Crippen molar-refractivity contribution in [3.05, 3.63) is 65.2 Å². The predicted molar refractivity (Wildman–Crippen MR) is 119 cm³/mol. The Balaban J connectivity index is 1.67. The number of nitrogens with zero attached hydrogens (tertiary/aromatic N) is 2. The van der Waals surface area contributed by atoms with E-state index < -0.39 is 0 Å². The van der Waals surface area contributed by atoms with Gasteiger partial charge in [0.25, 0.3) is 0 Å². The molecule has 0 heterocycles. The van der Waals surface area contributed by atoms with E-state index in [0.717, 1.165) is 43.0 Å². The summed E-state index contributed by atoms with van der Waals surface area (Å²) in [4.78, 5) is 14.2. The maximum absolute atomic E-state index is 11.9. The fraction of sp³-hybridized carbons (Fsp3) is 0.333. The van der Waals surface area contributed by atoms with Crippen molar-refractivity contribution in [2.45, 2.75) is 12.8 Å². The van der Waals surface area contributed by atoms with E-state index >= 15 is 0 Å². The fourth-order valence-electron chi connectivity index (χ4n) is 2.97. The molecular weight excluding hydrogens is 378 g/mol. The highest BCUT2D eigenvalue weighted by molar-refractivity contribution is 5.91. The second kappa shape index (κ2) is 12.3. The van der Waals surface area contributed by atoms with E-state index in [0.29, 0.717) is 12.1 Å². The normalized spacial score (nSPS) is 10.8. The van der Waals surface area contributed by atoms with E-state index in [9.17, 15) is 4.79 Å². The first-order valence-electron chi connectivity index (χ1n) is 9.91. The lowest BCUT2D eigenvalue weighted by molar-refractivity contribution is -0.116. The lowest BCUT2D eigenvalue weighted by Crippen LogP contribution is -2.28. The number of nitrogens with one attached hydrogen (secondary N) is 1. The second-order valence-corrected chi connectivity index (χ2v) is 6.96. The molecule has 6 heteroatoms. The molecule has 2 aromatic carbocycles. The molecule has 0 saturated carbocycles. The Hall–Kier alpha value is -3.30. The summed E-state index contributed by atoms with van der Waals surface area (Å²) in [5.41, 5.74) is 2.60. The van der Waals surface area contributed by atoms with Gasteiger partial charge >= 0.3 is 0 Å². The van der Waals surface area contributed by atoms with Crippen LogP contribution >= 0.6 is 0 Å². The van der Waals surface area contributed by atoms with Crippen LogP contribution in [-0.4, -0.2) is 51.7 Å². The van der Waals surface area contributed by atoms with E-state index in [2.05, 4.69) is 23.3 Å². The zero-order valence-electron chi connectivity index (χ0n) is 17.9. The number of ether oxygens (including phenoxy) is 2. The standard InChI is InChI=1S/C24H29N3O3/c1-27(15-12-20-8-10-22(29-2)23(17-20)30-3)14-5-13-26-24(28)11-9-19-6-4-7-21(16-19)18-25/h4,6-11,16-17H,5,12-15H2,1-3H3,(H,26,28)/b11-9+. The Morgan fingerprint density at radius 1 is 1.13 bits per heavy atom. The Morgan fingerprint density at radius 3 is 2.67 bits per heavy atom. The number of benzene rings is 2. The van der Waals surface area contributed by atoms with Gasteiger partial charge < -0.3 is 19.7 Å². The summed E-state index contributed by atoms with van der Waals surface area (Å²) in [5, 5.41) is 11.8. The van der Waals surface area contributed by atoms with E-state index in [1.54, 1.807) is 38.5 Å². The third-order valence-electron chi connectivity index (χ3n) is 4.69. The minimum atomic E-state index is -0.134. The average Bonchev–Trinajstić information content (AvgIpc) is 2.79. The Kier molecular flexibility index (Phi) is 9.43. The molecule has 2 rings (SSSR count). The van der Waals surface area contributed by atoms with Crippen molar-refractivity contribution in [3.8, 4) is 17.6 Å². The summed E-state index contributed by atoms with van der Waals surface area (Å²) in [6.45, 7) is 2.42. The van der Waals surface area contributed by atoms with Crippen molar-refractivity contribution in [2.24, 2.45) is 0 Å². The Bertz CT molecular complexity index is 903. The quantitative estimate of drug-likeness (QED) is 0.457.